The number of aryl methyl sites for hydroxylation is 1. The van der Waals surface area contributed by atoms with E-state index in [9.17, 15) is 0 Å². The van der Waals surface area contributed by atoms with Gasteiger partial charge in [0.15, 0.2) is 5.11 Å². The normalized spacial score (nSPS) is 22.5. The first-order valence-electron chi connectivity index (χ1n) is 6.98. The van der Waals surface area contributed by atoms with Gasteiger partial charge in [0.1, 0.15) is 5.66 Å². The van der Waals surface area contributed by atoms with Gasteiger partial charge < -0.3 is 4.90 Å². The molecule has 1 aromatic carbocycles. The minimum Gasteiger partial charge on any atom is -0.324 e. The van der Waals surface area contributed by atoms with Gasteiger partial charge in [-0.1, -0.05) is 36.8 Å². The van der Waals surface area contributed by atoms with Crippen LogP contribution in [-0.4, -0.2) is 22.2 Å². The summed E-state index contributed by atoms with van der Waals surface area (Å²) in [5, 5.41) is 2.81. The fraction of sp³-hybridized carbons (Fsp3) is 0.438. The molecule has 0 bridgehead atoms. The van der Waals surface area contributed by atoms with Gasteiger partial charge in [-0.2, -0.15) is 0 Å². The topological polar surface area (TPSA) is 18.5 Å². The molecular formula is C16H23N3S. The highest BCUT2D eigenvalue weighted by Crippen LogP contribution is 2.29. The third kappa shape index (κ3) is 2.72. The number of nitrogens with zero attached hydrogens (tertiary/aromatic N) is 2. The maximum atomic E-state index is 5.66. The molecular weight excluding hydrogens is 266 g/mol. The lowest BCUT2D eigenvalue weighted by molar-refractivity contribution is 0.192. The number of thiocarbonyl (C=S) groups is 1. The van der Waals surface area contributed by atoms with E-state index in [0.29, 0.717) is 0 Å². The molecule has 0 aliphatic carbocycles. The van der Waals surface area contributed by atoms with Crippen molar-refractivity contribution in [1.82, 2.24) is 10.3 Å². The molecule has 0 saturated carbocycles. The number of nitrogens with one attached hydrogen (secondary N) is 1. The van der Waals surface area contributed by atoms with Crippen LogP contribution in [-0.2, 0) is 0 Å². The molecule has 0 spiro atoms. The van der Waals surface area contributed by atoms with Crippen molar-refractivity contribution in [2.45, 2.75) is 39.8 Å². The third-order valence-electron chi connectivity index (χ3n) is 3.78. The van der Waals surface area contributed by atoms with E-state index in [1.165, 1.54) is 5.56 Å². The Labute approximate surface area is 127 Å². The highest BCUT2D eigenvalue weighted by atomic mass is 32.1. The fourth-order valence-electron chi connectivity index (χ4n) is 2.33. The summed E-state index contributed by atoms with van der Waals surface area (Å²) in [6.45, 7) is 13.3. The van der Waals surface area contributed by atoms with Gasteiger partial charge in [-0.05, 0) is 51.5 Å². The summed E-state index contributed by atoms with van der Waals surface area (Å²) in [7, 11) is 0. The van der Waals surface area contributed by atoms with Crippen LogP contribution in [0.15, 0.2) is 36.4 Å². The second kappa shape index (κ2) is 5.54. The van der Waals surface area contributed by atoms with Crippen LogP contribution in [0.1, 0.15) is 32.8 Å². The second-order valence-electron chi connectivity index (χ2n) is 5.74. The van der Waals surface area contributed by atoms with Crippen LogP contribution in [0, 0.1) is 6.92 Å². The minimum atomic E-state index is -0.166. The number of hydrazine groups is 1. The Morgan fingerprint density at radius 1 is 1.35 bits per heavy atom. The SMILES string of the molecule is C=C(C)CN1C(=S)N(c2ccc(C)cc2)NC1(C)CC. The molecule has 2 rings (SSSR count). The molecule has 0 aromatic heterocycles. The van der Waals surface area contributed by atoms with Gasteiger partial charge in [0, 0.05) is 6.54 Å². The third-order valence-corrected chi connectivity index (χ3v) is 4.18. The van der Waals surface area contributed by atoms with E-state index in [1.807, 2.05) is 11.9 Å². The molecule has 4 heteroatoms. The Balaban J connectivity index is 2.31. The zero-order valence-electron chi connectivity index (χ0n) is 12.7. The van der Waals surface area contributed by atoms with Gasteiger partial charge in [-0.15, -0.1) is 0 Å². The first-order valence-corrected chi connectivity index (χ1v) is 7.39. The Morgan fingerprint density at radius 3 is 2.45 bits per heavy atom. The molecule has 0 radical (unpaired) electrons. The van der Waals surface area contributed by atoms with Crippen LogP contribution >= 0.6 is 12.2 Å². The average molecular weight is 289 g/mol. The maximum absolute atomic E-state index is 5.66. The first kappa shape index (κ1) is 15.0. The molecule has 0 amide bonds. The lowest BCUT2D eigenvalue weighted by Crippen LogP contribution is -2.50. The van der Waals surface area contributed by atoms with Gasteiger partial charge in [0.05, 0.1) is 5.69 Å². The molecule has 1 fully saturated rings. The molecule has 3 nitrogen and oxygen atoms in total. The summed E-state index contributed by atoms with van der Waals surface area (Å²) >= 11 is 5.66. The van der Waals surface area contributed by atoms with E-state index in [1.54, 1.807) is 0 Å². The van der Waals surface area contributed by atoms with Crippen LogP contribution in [0.2, 0.25) is 0 Å². The van der Waals surface area contributed by atoms with Crippen LogP contribution in [0.3, 0.4) is 0 Å². The Hall–Kier alpha value is -1.39. The molecule has 1 aliphatic rings. The van der Waals surface area contributed by atoms with Crippen molar-refractivity contribution in [3.8, 4) is 0 Å². The molecule has 1 heterocycles. The standard InChI is InChI=1S/C16H23N3S/c1-6-16(5)17-19(14-9-7-13(4)8-10-14)15(20)18(16)11-12(2)3/h7-10,17H,2,6,11H2,1,3-5H3. The summed E-state index contributed by atoms with van der Waals surface area (Å²) in [5.41, 5.74) is 6.80. The van der Waals surface area contributed by atoms with Crippen LogP contribution < -0.4 is 10.4 Å². The number of anilines is 1. The smallest absolute Gasteiger partial charge is 0.192 e. The van der Waals surface area contributed by atoms with Crippen LogP contribution in [0.25, 0.3) is 0 Å². The van der Waals surface area contributed by atoms with Crippen molar-refractivity contribution in [1.29, 1.82) is 0 Å². The molecule has 1 unspecified atom stereocenters. The summed E-state index contributed by atoms with van der Waals surface area (Å²) in [6, 6.07) is 8.39. The largest absolute Gasteiger partial charge is 0.324 e. The Bertz CT molecular complexity index is 523. The number of rotatable bonds is 4. The van der Waals surface area contributed by atoms with Gasteiger partial charge in [-0.3, -0.25) is 0 Å². The van der Waals surface area contributed by atoms with E-state index in [2.05, 4.69) is 61.9 Å². The Morgan fingerprint density at radius 2 is 1.95 bits per heavy atom. The van der Waals surface area contributed by atoms with Crippen molar-refractivity contribution in [2.24, 2.45) is 0 Å². The molecule has 20 heavy (non-hydrogen) atoms. The van der Waals surface area contributed by atoms with Crippen molar-refractivity contribution < 1.29 is 0 Å². The van der Waals surface area contributed by atoms with Crippen molar-refractivity contribution in [3.05, 3.63) is 42.0 Å². The number of hydrogen-bond acceptors (Lipinski definition) is 2. The molecule has 1 atom stereocenters. The predicted octanol–water partition coefficient (Wildman–Crippen LogP) is 3.61. The second-order valence-corrected chi connectivity index (χ2v) is 6.10. The van der Waals surface area contributed by atoms with Crippen molar-refractivity contribution in [3.63, 3.8) is 0 Å². The summed E-state index contributed by atoms with van der Waals surface area (Å²) in [4.78, 5) is 2.21. The van der Waals surface area contributed by atoms with Crippen molar-refractivity contribution in [2.75, 3.05) is 11.6 Å². The van der Waals surface area contributed by atoms with Crippen LogP contribution in [0.5, 0.6) is 0 Å². The quantitative estimate of drug-likeness (QED) is 0.674. The summed E-state index contributed by atoms with van der Waals surface area (Å²) in [5.74, 6) is 0. The van der Waals surface area contributed by atoms with Crippen LogP contribution in [0.4, 0.5) is 5.69 Å². The lowest BCUT2D eigenvalue weighted by Gasteiger charge is -2.33. The maximum Gasteiger partial charge on any atom is 0.192 e. The van der Waals surface area contributed by atoms with Gasteiger partial charge in [-0.25, -0.2) is 10.4 Å². The molecule has 108 valence electrons. The van der Waals surface area contributed by atoms with Gasteiger partial charge in [0.2, 0.25) is 0 Å². The fourth-order valence-corrected chi connectivity index (χ4v) is 2.75. The predicted molar refractivity (Wildman–Crippen MR) is 89.6 cm³/mol. The summed E-state index contributed by atoms with van der Waals surface area (Å²) in [6.07, 6.45) is 0.961. The minimum absolute atomic E-state index is 0.166. The number of hydrogen-bond donors (Lipinski definition) is 1. The monoisotopic (exact) mass is 289 g/mol. The molecule has 1 N–H and O–H groups in total. The number of benzene rings is 1. The zero-order valence-corrected chi connectivity index (χ0v) is 13.5. The van der Waals surface area contributed by atoms with Gasteiger partial charge >= 0.3 is 0 Å². The molecule has 1 aliphatic heterocycles. The molecule has 1 saturated heterocycles. The average Bonchev–Trinajstić information content (AvgIpc) is 2.65. The van der Waals surface area contributed by atoms with E-state index in [-0.39, 0.29) is 5.66 Å². The lowest BCUT2D eigenvalue weighted by atomic mass is 10.1. The zero-order chi connectivity index (χ0) is 14.9. The van der Waals surface area contributed by atoms with E-state index < -0.39 is 0 Å². The van der Waals surface area contributed by atoms with Gasteiger partial charge in [0.25, 0.3) is 0 Å². The Kier molecular flexibility index (Phi) is 4.16. The van der Waals surface area contributed by atoms with E-state index in [4.69, 9.17) is 12.2 Å². The first-order chi connectivity index (χ1) is 9.37. The molecule has 1 aromatic rings. The highest BCUT2D eigenvalue weighted by Gasteiger charge is 2.42. The van der Waals surface area contributed by atoms with E-state index in [0.717, 1.165) is 29.3 Å². The van der Waals surface area contributed by atoms with Crippen molar-refractivity contribution >= 4 is 23.0 Å². The van der Waals surface area contributed by atoms with E-state index >= 15 is 0 Å². The highest BCUT2D eigenvalue weighted by molar-refractivity contribution is 7.80. The summed E-state index contributed by atoms with van der Waals surface area (Å²) < 4.78 is 0.